The predicted octanol–water partition coefficient (Wildman–Crippen LogP) is 3.08. The zero-order chi connectivity index (χ0) is 18.6. The third kappa shape index (κ3) is 4.63. The standard InChI is InChI=1S/C18H22N2O4S/c1-10-6-5-7-14(11(10)2)17(18(22)23)19-16(21)9-25-8-15-12(3)20-24-13(15)4/h5-7,17H,8-9H2,1-4H3,(H,19,21)(H,22,23). The molecule has 25 heavy (non-hydrogen) atoms. The molecule has 1 aromatic heterocycles. The van der Waals surface area contributed by atoms with E-state index in [1.54, 1.807) is 12.1 Å². The molecule has 0 bridgehead atoms. The molecule has 0 aliphatic rings. The van der Waals surface area contributed by atoms with Crippen LogP contribution in [0.2, 0.25) is 0 Å². The Bertz CT molecular complexity index is 766. The number of carboxylic acids is 1. The summed E-state index contributed by atoms with van der Waals surface area (Å²) in [7, 11) is 0. The quantitative estimate of drug-likeness (QED) is 0.786. The van der Waals surface area contributed by atoms with E-state index in [2.05, 4.69) is 10.5 Å². The number of carbonyl (C=O) groups is 2. The molecule has 1 aromatic carbocycles. The van der Waals surface area contributed by atoms with E-state index < -0.39 is 12.0 Å². The predicted molar refractivity (Wildman–Crippen MR) is 96.6 cm³/mol. The van der Waals surface area contributed by atoms with Gasteiger partial charge in [-0.1, -0.05) is 23.4 Å². The smallest absolute Gasteiger partial charge is 0.330 e. The van der Waals surface area contributed by atoms with Crippen LogP contribution in [-0.2, 0) is 15.3 Å². The minimum atomic E-state index is -1.07. The first-order valence-corrected chi connectivity index (χ1v) is 9.04. The number of aliphatic carboxylic acids is 1. The molecule has 0 spiro atoms. The highest BCUT2D eigenvalue weighted by molar-refractivity contribution is 7.99. The van der Waals surface area contributed by atoms with Crippen molar-refractivity contribution in [3.8, 4) is 0 Å². The fourth-order valence-electron chi connectivity index (χ4n) is 2.52. The first-order chi connectivity index (χ1) is 11.8. The van der Waals surface area contributed by atoms with Crippen molar-refractivity contribution >= 4 is 23.6 Å². The Labute approximate surface area is 151 Å². The van der Waals surface area contributed by atoms with Crippen LogP contribution in [0.1, 0.15) is 39.7 Å². The number of hydrogen-bond donors (Lipinski definition) is 2. The fraction of sp³-hybridized carbons (Fsp3) is 0.389. The van der Waals surface area contributed by atoms with Crippen LogP contribution in [0.3, 0.4) is 0 Å². The van der Waals surface area contributed by atoms with E-state index >= 15 is 0 Å². The maximum absolute atomic E-state index is 12.2. The van der Waals surface area contributed by atoms with Gasteiger partial charge >= 0.3 is 5.97 Å². The van der Waals surface area contributed by atoms with E-state index in [-0.39, 0.29) is 11.7 Å². The lowest BCUT2D eigenvalue weighted by molar-refractivity contribution is -0.141. The van der Waals surface area contributed by atoms with E-state index in [1.165, 1.54) is 11.8 Å². The van der Waals surface area contributed by atoms with Crippen molar-refractivity contribution in [2.75, 3.05) is 5.75 Å². The summed E-state index contributed by atoms with van der Waals surface area (Å²) in [5, 5.41) is 16.0. The summed E-state index contributed by atoms with van der Waals surface area (Å²) in [6.45, 7) is 7.46. The molecule has 1 unspecified atom stereocenters. The second-order valence-corrected chi connectivity index (χ2v) is 6.91. The number of benzene rings is 1. The van der Waals surface area contributed by atoms with E-state index in [0.29, 0.717) is 11.3 Å². The molecule has 1 amide bonds. The molecule has 1 atom stereocenters. The summed E-state index contributed by atoms with van der Waals surface area (Å²) in [6, 6.07) is 4.40. The first-order valence-electron chi connectivity index (χ1n) is 7.89. The number of nitrogens with one attached hydrogen (secondary N) is 1. The van der Waals surface area contributed by atoms with Gasteiger partial charge in [0, 0.05) is 11.3 Å². The van der Waals surface area contributed by atoms with Crippen LogP contribution < -0.4 is 5.32 Å². The summed E-state index contributed by atoms with van der Waals surface area (Å²) >= 11 is 1.40. The van der Waals surface area contributed by atoms with Crippen LogP contribution in [0.15, 0.2) is 22.7 Å². The van der Waals surface area contributed by atoms with Gasteiger partial charge < -0.3 is 14.9 Å². The number of carbonyl (C=O) groups excluding carboxylic acids is 1. The van der Waals surface area contributed by atoms with E-state index in [0.717, 1.165) is 28.1 Å². The molecule has 0 saturated carbocycles. The minimum absolute atomic E-state index is 0.165. The second kappa shape index (κ2) is 8.20. The van der Waals surface area contributed by atoms with Crippen molar-refractivity contribution in [1.82, 2.24) is 10.5 Å². The van der Waals surface area contributed by atoms with Gasteiger partial charge in [0.15, 0.2) is 6.04 Å². The lowest BCUT2D eigenvalue weighted by atomic mass is 9.97. The maximum Gasteiger partial charge on any atom is 0.330 e. The van der Waals surface area contributed by atoms with E-state index in [9.17, 15) is 14.7 Å². The van der Waals surface area contributed by atoms with E-state index in [1.807, 2.05) is 33.8 Å². The molecule has 0 aliphatic heterocycles. The van der Waals surface area contributed by atoms with Gasteiger partial charge in [0.05, 0.1) is 11.4 Å². The highest BCUT2D eigenvalue weighted by Gasteiger charge is 2.24. The Hall–Kier alpha value is -2.28. The lowest BCUT2D eigenvalue weighted by Crippen LogP contribution is -2.35. The van der Waals surface area contributed by atoms with Crippen LogP contribution in [0.25, 0.3) is 0 Å². The molecule has 2 rings (SSSR count). The summed E-state index contributed by atoms with van der Waals surface area (Å²) in [6.07, 6.45) is 0. The Morgan fingerprint density at radius 2 is 2.00 bits per heavy atom. The molecule has 1 heterocycles. The van der Waals surface area contributed by atoms with Gasteiger partial charge in [0.25, 0.3) is 0 Å². The molecule has 0 radical (unpaired) electrons. The number of aromatic nitrogens is 1. The molecule has 2 aromatic rings. The Morgan fingerprint density at radius 1 is 1.28 bits per heavy atom. The number of thioether (sulfide) groups is 1. The van der Waals surface area contributed by atoms with Gasteiger partial charge in [-0.2, -0.15) is 0 Å². The minimum Gasteiger partial charge on any atom is -0.479 e. The van der Waals surface area contributed by atoms with Gasteiger partial charge in [0.1, 0.15) is 5.76 Å². The summed E-state index contributed by atoms with van der Waals surface area (Å²) in [5.41, 5.74) is 4.26. The van der Waals surface area contributed by atoms with Gasteiger partial charge in [-0.05, 0) is 44.4 Å². The zero-order valence-electron chi connectivity index (χ0n) is 14.8. The number of nitrogens with zero attached hydrogens (tertiary/aromatic N) is 1. The topological polar surface area (TPSA) is 92.4 Å². The third-order valence-electron chi connectivity index (χ3n) is 4.17. The van der Waals surface area contributed by atoms with Crippen molar-refractivity contribution in [2.24, 2.45) is 0 Å². The monoisotopic (exact) mass is 362 g/mol. The van der Waals surface area contributed by atoms with Gasteiger partial charge in [0.2, 0.25) is 5.91 Å². The SMILES string of the molecule is Cc1cccc(C(NC(=O)CSCc2c(C)noc2C)C(=O)O)c1C. The highest BCUT2D eigenvalue weighted by Crippen LogP contribution is 2.22. The molecule has 6 nitrogen and oxygen atoms in total. The van der Waals surface area contributed by atoms with Crippen LogP contribution in [-0.4, -0.2) is 27.9 Å². The lowest BCUT2D eigenvalue weighted by Gasteiger charge is -2.18. The average Bonchev–Trinajstić information content (AvgIpc) is 2.87. The van der Waals surface area contributed by atoms with Crippen LogP contribution in [0.4, 0.5) is 0 Å². The van der Waals surface area contributed by atoms with Crippen LogP contribution >= 0.6 is 11.8 Å². The van der Waals surface area contributed by atoms with Gasteiger partial charge in [-0.3, -0.25) is 4.79 Å². The molecular formula is C18H22N2O4S. The van der Waals surface area contributed by atoms with Crippen molar-refractivity contribution in [3.63, 3.8) is 0 Å². The molecule has 2 N–H and O–H groups in total. The fourth-order valence-corrected chi connectivity index (χ4v) is 3.50. The number of hydrogen-bond acceptors (Lipinski definition) is 5. The molecule has 0 saturated heterocycles. The largest absolute Gasteiger partial charge is 0.479 e. The van der Waals surface area contributed by atoms with E-state index in [4.69, 9.17) is 4.52 Å². The average molecular weight is 362 g/mol. The number of carboxylic acid groups (broad SMARTS) is 1. The first kappa shape index (κ1) is 19.1. The molecule has 7 heteroatoms. The van der Waals surface area contributed by atoms with Gasteiger partial charge in [-0.25, -0.2) is 4.79 Å². The van der Waals surface area contributed by atoms with Crippen molar-refractivity contribution < 1.29 is 19.2 Å². The Balaban J connectivity index is 1.99. The molecular weight excluding hydrogens is 340 g/mol. The molecule has 134 valence electrons. The number of amides is 1. The molecule has 0 fully saturated rings. The van der Waals surface area contributed by atoms with Crippen LogP contribution in [0.5, 0.6) is 0 Å². The van der Waals surface area contributed by atoms with Crippen molar-refractivity contribution in [2.45, 2.75) is 39.5 Å². The molecule has 0 aliphatic carbocycles. The number of rotatable bonds is 7. The normalized spacial score (nSPS) is 12.0. The maximum atomic E-state index is 12.2. The highest BCUT2D eigenvalue weighted by atomic mass is 32.2. The summed E-state index contributed by atoms with van der Waals surface area (Å²) in [4.78, 5) is 23.8. The Morgan fingerprint density at radius 3 is 2.60 bits per heavy atom. The third-order valence-corrected chi connectivity index (χ3v) is 5.13. The number of aryl methyl sites for hydroxylation is 3. The van der Waals surface area contributed by atoms with Crippen molar-refractivity contribution in [1.29, 1.82) is 0 Å². The second-order valence-electron chi connectivity index (χ2n) is 5.92. The summed E-state index contributed by atoms with van der Waals surface area (Å²) < 4.78 is 5.09. The Kier molecular flexibility index (Phi) is 6.25. The van der Waals surface area contributed by atoms with Crippen molar-refractivity contribution in [3.05, 3.63) is 51.9 Å². The zero-order valence-corrected chi connectivity index (χ0v) is 15.6. The van der Waals surface area contributed by atoms with Crippen LogP contribution in [0, 0.1) is 27.7 Å². The van der Waals surface area contributed by atoms with Gasteiger partial charge in [-0.15, -0.1) is 11.8 Å². The summed E-state index contributed by atoms with van der Waals surface area (Å²) in [5.74, 6) is 0.112.